The average molecular weight is 214 g/mol. The Bertz CT molecular complexity index is 205. The highest BCUT2D eigenvalue weighted by molar-refractivity contribution is 5.77. The van der Waals surface area contributed by atoms with Crippen molar-refractivity contribution in [2.75, 3.05) is 26.7 Å². The summed E-state index contributed by atoms with van der Waals surface area (Å²) in [6.45, 7) is 5.85. The molecule has 0 spiro atoms. The summed E-state index contributed by atoms with van der Waals surface area (Å²) in [6.07, 6.45) is 2.54. The van der Waals surface area contributed by atoms with Crippen molar-refractivity contribution in [3.05, 3.63) is 0 Å². The quantitative estimate of drug-likeness (QED) is 0.608. The van der Waals surface area contributed by atoms with Crippen LogP contribution in [0.15, 0.2) is 0 Å². The molecule has 0 unspecified atom stereocenters. The lowest BCUT2D eigenvalue weighted by Crippen LogP contribution is -2.36. The van der Waals surface area contributed by atoms with Gasteiger partial charge < -0.3 is 10.1 Å². The molecule has 0 rings (SSSR count). The number of likely N-dealkylation sites (N-methyl/N-ethyl adjacent to an activating group) is 2. The number of nitrogens with one attached hydrogen (secondary N) is 1. The van der Waals surface area contributed by atoms with Gasteiger partial charge in [0.1, 0.15) is 5.78 Å². The molecule has 0 fully saturated rings. The fourth-order valence-electron chi connectivity index (χ4n) is 1.34. The molecular formula is C11H22N2O2. The normalized spacial score (nSPS) is 10.4. The lowest BCUT2D eigenvalue weighted by Gasteiger charge is -2.18. The third-order valence-corrected chi connectivity index (χ3v) is 2.35. The highest BCUT2D eigenvalue weighted by atomic mass is 16.2. The molecule has 0 aliphatic heterocycles. The van der Waals surface area contributed by atoms with Gasteiger partial charge in [0, 0.05) is 13.5 Å². The van der Waals surface area contributed by atoms with Crippen molar-refractivity contribution in [1.82, 2.24) is 10.2 Å². The molecular weight excluding hydrogens is 192 g/mol. The van der Waals surface area contributed by atoms with Crippen LogP contribution in [-0.4, -0.2) is 43.3 Å². The Morgan fingerprint density at radius 3 is 2.40 bits per heavy atom. The van der Waals surface area contributed by atoms with E-state index in [1.54, 1.807) is 14.0 Å². The Labute approximate surface area is 92.0 Å². The maximum absolute atomic E-state index is 11.1. The van der Waals surface area contributed by atoms with Gasteiger partial charge in [-0.3, -0.25) is 9.69 Å². The number of carbonyl (C=O) groups excluding carboxylic acids is 2. The minimum atomic E-state index is 0.0448. The highest BCUT2D eigenvalue weighted by Gasteiger charge is 2.06. The van der Waals surface area contributed by atoms with Crippen LogP contribution in [0.2, 0.25) is 0 Å². The van der Waals surface area contributed by atoms with Crippen LogP contribution in [0.5, 0.6) is 0 Å². The zero-order valence-corrected chi connectivity index (χ0v) is 10.0. The van der Waals surface area contributed by atoms with Crippen molar-refractivity contribution >= 4 is 11.7 Å². The van der Waals surface area contributed by atoms with Crippen LogP contribution in [0.1, 0.15) is 33.1 Å². The maximum atomic E-state index is 11.1. The minimum Gasteiger partial charge on any atom is -0.358 e. The minimum absolute atomic E-state index is 0.0448. The number of rotatable bonds is 8. The van der Waals surface area contributed by atoms with E-state index in [-0.39, 0.29) is 11.7 Å². The first-order chi connectivity index (χ1) is 7.10. The lowest BCUT2D eigenvalue weighted by atomic mass is 10.2. The molecule has 0 bridgehead atoms. The van der Waals surface area contributed by atoms with Gasteiger partial charge in [0.05, 0.1) is 6.54 Å². The number of unbranched alkanes of at least 4 members (excludes halogenated alkanes) is 1. The Kier molecular flexibility index (Phi) is 7.91. The molecule has 1 N–H and O–H groups in total. The van der Waals surface area contributed by atoms with E-state index in [2.05, 4.69) is 10.2 Å². The fourth-order valence-corrected chi connectivity index (χ4v) is 1.34. The SMILES string of the molecule is CCN(CCCCC(C)=O)CC(=O)NC. The highest BCUT2D eigenvalue weighted by Crippen LogP contribution is 1.99. The second kappa shape index (κ2) is 8.41. The van der Waals surface area contributed by atoms with Gasteiger partial charge in [-0.15, -0.1) is 0 Å². The van der Waals surface area contributed by atoms with Gasteiger partial charge >= 0.3 is 0 Å². The van der Waals surface area contributed by atoms with Crippen LogP contribution >= 0.6 is 0 Å². The molecule has 0 atom stereocenters. The molecule has 0 aliphatic rings. The summed E-state index contributed by atoms with van der Waals surface area (Å²) in [6, 6.07) is 0. The van der Waals surface area contributed by atoms with Gasteiger partial charge in [0.2, 0.25) is 5.91 Å². The molecule has 15 heavy (non-hydrogen) atoms. The van der Waals surface area contributed by atoms with E-state index < -0.39 is 0 Å². The number of carbonyl (C=O) groups is 2. The Balaban J connectivity index is 3.61. The van der Waals surface area contributed by atoms with Crippen LogP contribution in [0.3, 0.4) is 0 Å². The predicted octanol–water partition coefficient (Wildman–Crippen LogP) is 0.814. The van der Waals surface area contributed by atoms with Gasteiger partial charge in [-0.25, -0.2) is 0 Å². The number of ketones is 1. The number of nitrogens with zero attached hydrogens (tertiary/aromatic N) is 1. The molecule has 0 radical (unpaired) electrons. The molecule has 0 saturated heterocycles. The molecule has 0 aliphatic carbocycles. The number of Topliss-reactive ketones (excluding diaryl/α,β-unsaturated/α-hetero) is 1. The first-order valence-electron chi connectivity index (χ1n) is 5.52. The topological polar surface area (TPSA) is 49.4 Å². The molecule has 0 heterocycles. The zero-order chi connectivity index (χ0) is 11.7. The zero-order valence-electron chi connectivity index (χ0n) is 10.0. The molecule has 4 heteroatoms. The molecule has 0 aromatic heterocycles. The van der Waals surface area contributed by atoms with E-state index in [9.17, 15) is 9.59 Å². The summed E-state index contributed by atoms with van der Waals surface area (Å²) >= 11 is 0. The predicted molar refractivity (Wildman–Crippen MR) is 60.7 cm³/mol. The number of amides is 1. The van der Waals surface area contributed by atoms with Crippen LogP contribution in [0.25, 0.3) is 0 Å². The standard InChI is InChI=1S/C11H22N2O2/c1-4-13(9-11(15)12-3)8-6-5-7-10(2)14/h4-9H2,1-3H3,(H,12,15). The van der Waals surface area contributed by atoms with E-state index in [4.69, 9.17) is 0 Å². The summed E-state index contributed by atoms with van der Waals surface area (Å²) in [7, 11) is 1.64. The van der Waals surface area contributed by atoms with E-state index >= 15 is 0 Å². The van der Waals surface area contributed by atoms with Crippen LogP contribution < -0.4 is 5.32 Å². The third kappa shape index (κ3) is 8.12. The van der Waals surface area contributed by atoms with E-state index in [1.807, 2.05) is 6.92 Å². The lowest BCUT2D eigenvalue weighted by molar-refractivity contribution is -0.122. The van der Waals surface area contributed by atoms with Crippen molar-refractivity contribution in [2.24, 2.45) is 0 Å². The van der Waals surface area contributed by atoms with Gasteiger partial charge in [-0.1, -0.05) is 6.92 Å². The third-order valence-electron chi connectivity index (χ3n) is 2.35. The smallest absolute Gasteiger partial charge is 0.233 e. The summed E-state index contributed by atoms with van der Waals surface area (Å²) in [5, 5.41) is 2.60. The van der Waals surface area contributed by atoms with E-state index in [1.165, 1.54) is 0 Å². The summed E-state index contributed by atoms with van der Waals surface area (Å²) < 4.78 is 0. The van der Waals surface area contributed by atoms with Crippen molar-refractivity contribution < 1.29 is 9.59 Å². The largest absolute Gasteiger partial charge is 0.358 e. The summed E-state index contributed by atoms with van der Waals surface area (Å²) in [5.41, 5.74) is 0. The molecule has 0 aromatic rings. The van der Waals surface area contributed by atoms with Crippen molar-refractivity contribution in [2.45, 2.75) is 33.1 Å². The number of hydrogen-bond acceptors (Lipinski definition) is 3. The van der Waals surface area contributed by atoms with Crippen LogP contribution in [0, 0.1) is 0 Å². The average Bonchev–Trinajstić information content (AvgIpc) is 2.21. The van der Waals surface area contributed by atoms with Crippen molar-refractivity contribution in [3.63, 3.8) is 0 Å². The van der Waals surface area contributed by atoms with Crippen LogP contribution in [0.4, 0.5) is 0 Å². The van der Waals surface area contributed by atoms with Gasteiger partial charge in [0.25, 0.3) is 0 Å². The second-order valence-corrected chi connectivity index (χ2v) is 3.70. The Morgan fingerprint density at radius 2 is 1.93 bits per heavy atom. The molecule has 0 aromatic carbocycles. The summed E-state index contributed by atoms with van der Waals surface area (Å²) in [5.74, 6) is 0.285. The van der Waals surface area contributed by atoms with Gasteiger partial charge in [-0.2, -0.15) is 0 Å². The first-order valence-corrected chi connectivity index (χ1v) is 5.52. The first kappa shape index (κ1) is 14.1. The van der Waals surface area contributed by atoms with E-state index in [0.29, 0.717) is 13.0 Å². The molecule has 0 saturated carbocycles. The fraction of sp³-hybridized carbons (Fsp3) is 0.818. The number of hydrogen-bond donors (Lipinski definition) is 1. The molecule has 1 amide bonds. The summed E-state index contributed by atoms with van der Waals surface area (Å²) in [4.78, 5) is 23.9. The molecule has 4 nitrogen and oxygen atoms in total. The van der Waals surface area contributed by atoms with Crippen molar-refractivity contribution in [3.8, 4) is 0 Å². The monoisotopic (exact) mass is 214 g/mol. The van der Waals surface area contributed by atoms with Crippen LogP contribution in [-0.2, 0) is 9.59 Å². The molecule has 88 valence electrons. The maximum Gasteiger partial charge on any atom is 0.233 e. The van der Waals surface area contributed by atoms with E-state index in [0.717, 1.165) is 25.9 Å². The Hall–Kier alpha value is -0.900. The Morgan fingerprint density at radius 1 is 1.27 bits per heavy atom. The van der Waals surface area contributed by atoms with Gasteiger partial charge in [-0.05, 0) is 32.9 Å². The second-order valence-electron chi connectivity index (χ2n) is 3.70. The van der Waals surface area contributed by atoms with Gasteiger partial charge in [0.15, 0.2) is 0 Å². The van der Waals surface area contributed by atoms with Crippen molar-refractivity contribution in [1.29, 1.82) is 0 Å².